The number of hydrogen-bond donors (Lipinski definition) is 0. The van der Waals surface area contributed by atoms with Crippen molar-refractivity contribution >= 4 is 11.6 Å². The second kappa shape index (κ2) is 3.31. The molecule has 0 bridgehead atoms. The van der Waals surface area contributed by atoms with Crippen molar-refractivity contribution in [1.82, 2.24) is 0 Å². The van der Waals surface area contributed by atoms with Gasteiger partial charge in [-0.2, -0.15) is 0 Å². The predicted octanol–water partition coefficient (Wildman–Crippen LogP) is 1.74. The first-order valence-corrected chi connectivity index (χ1v) is 4.27. The van der Waals surface area contributed by atoms with Crippen molar-refractivity contribution in [2.45, 2.75) is 0 Å². The van der Waals surface area contributed by atoms with Crippen LogP contribution >= 0.6 is 0 Å². The number of benzene rings is 1. The van der Waals surface area contributed by atoms with Gasteiger partial charge in [0.2, 0.25) is 5.78 Å². The lowest BCUT2D eigenvalue weighted by Crippen LogP contribution is -2.18. The molecule has 1 aromatic rings. The first-order chi connectivity index (χ1) is 7.13. The van der Waals surface area contributed by atoms with Gasteiger partial charge in [-0.25, -0.2) is 4.39 Å². The Morgan fingerprint density at radius 1 is 1.20 bits per heavy atom. The predicted molar refractivity (Wildman–Crippen MR) is 50.2 cm³/mol. The monoisotopic (exact) mass is 206 g/mol. The van der Waals surface area contributed by atoms with Gasteiger partial charge in [-0.3, -0.25) is 9.59 Å². The SMILES string of the molecule is COC1=CC(=O)c2cc(F)ccc2C1=O. The summed E-state index contributed by atoms with van der Waals surface area (Å²) >= 11 is 0. The molecular weight excluding hydrogens is 199 g/mol. The summed E-state index contributed by atoms with van der Waals surface area (Å²) in [7, 11) is 1.31. The Balaban J connectivity index is 2.62. The van der Waals surface area contributed by atoms with Crippen LogP contribution in [0.1, 0.15) is 20.7 Å². The van der Waals surface area contributed by atoms with E-state index in [-0.39, 0.29) is 16.9 Å². The first kappa shape index (κ1) is 9.58. The number of Topliss-reactive ketones (excluding diaryl/α,β-unsaturated/α-hetero) is 1. The number of ether oxygens (including phenoxy) is 1. The van der Waals surface area contributed by atoms with Crippen molar-refractivity contribution in [1.29, 1.82) is 0 Å². The van der Waals surface area contributed by atoms with E-state index in [9.17, 15) is 14.0 Å². The molecule has 2 rings (SSSR count). The Labute approximate surface area is 85.2 Å². The zero-order chi connectivity index (χ0) is 11.0. The number of rotatable bonds is 1. The van der Waals surface area contributed by atoms with Gasteiger partial charge < -0.3 is 4.74 Å². The average molecular weight is 206 g/mol. The van der Waals surface area contributed by atoms with Gasteiger partial charge in [-0.05, 0) is 18.2 Å². The van der Waals surface area contributed by atoms with Gasteiger partial charge in [0.15, 0.2) is 11.5 Å². The standard InChI is InChI=1S/C11H7FO3/c1-15-10-5-9(13)8-4-6(12)2-3-7(8)11(10)14/h2-5H,1H3. The number of halogens is 1. The van der Waals surface area contributed by atoms with E-state index in [4.69, 9.17) is 4.74 Å². The maximum atomic E-state index is 12.9. The third kappa shape index (κ3) is 1.44. The molecule has 1 aromatic carbocycles. The van der Waals surface area contributed by atoms with Crippen LogP contribution < -0.4 is 0 Å². The molecule has 1 aliphatic rings. The van der Waals surface area contributed by atoms with E-state index >= 15 is 0 Å². The summed E-state index contributed by atoms with van der Waals surface area (Å²) < 4.78 is 17.6. The van der Waals surface area contributed by atoms with Gasteiger partial charge in [0.25, 0.3) is 0 Å². The van der Waals surface area contributed by atoms with Gasteiger partial charge in [-0.1, -0.05) is 0 Å². The van der Waals surface area contributed by atoms with Crippen LogP contribution in [0.15, 0.2) is 30.0 Å². The van der Waals surface area contributed by atoms with Gasteiger partial charge in [0, 0.05) is 17.2 Å². The lowest BCUT2D eigenvalue weighted by molar-refractivity contribution is 0.0916. The Hall–Kier alpha value is -1.97. The molecule has 0 aromatic heterocycles. The second-order valence-electron chi connectivity index (χ2n) is 3.10. The molecule has 76 valence electrons. The van der Waals surface area contributed by atoms with Crippen molar-refractivity contribution in [3.8, 4) is 0 Å². The minimum absolute atomic E-state index is 0.0147. The van der Waals surface area contributed by atoms with E-state index in [0.29, 0.717) is 0 Å². The van der Waals surface area contributed by atoms with E-state index in [1.807, 2.05) is 0 Å². The van der Waals surface area contributed by atoms with Gasteiger partial charge >= 0.3 is 0 Å². The van der Waals surface area contributed by atoms with E-state index in [0.717, 1.165) is 18.2 Å². The number of allylic oxidation sites excluding steroid dienone is 2. The third-order valence-corrected chi connectivity index (χ3v) is 2.20. The van der Waals surface area contributed by atoms with Gasteiger partial charge in [0.05, 0.1) is 7.11 Å². The lowest BCUT2D eigenvalue weighted by Gasteiger charge is -2.13. The number of methoxy groups -OCH3 is 1. The van der Waals surface area contributed by atoms with Crippen molar-refractivity contribution in [3.63, 3.8) is 0 Å². The van der Waals surface area contributed by atoms with E-state index < -0.39 is 17.4 Å². The largest absolute Gasteiger partial charge is 0.492 e. The highest BCUT2D eigenvalue weighted by atomic mass is 19.1. The molecule has 0 saturated heterocycles. The van der Waals surface area contributed by atoms with E-state index in [2.05, 4.69) is 0 Å². The van der Waals surface area contributed by atoms with Crippen molar-refractivity contribution in [2.75, 3.05) is 7.11 Å². The van der Waals surface area contributed by atoms with Crippen LogP contribution in [0.4, 0.5) is 4.39 Å². The fraction of sp³-hybridized carbons (Fsp3) is 0.0909. The minimum atomic E-state index is -0.538. The Morgan fingerprint density at radius 3 is 2.60 bits per heavy atom. The molecule has 15 heavy (non-hydrogen) atoms. The maximum absolute atomic E-state index is 12.9. The summed E-state index contributed by atoms with van der Waals surface area (Å²) in [5.41, 5.74) is 0.265. The molecule has 4 heteroatoms. The first-order valence-electron chi connectivity index (χ1n) is 4.27. The normalized spacial score (nSPS) is 14.7. The summed E-state index contributed by atoms with van der Waals surface area (Å²) in [4.78, 5) is 23.1. The molecule has 0 aliphatic heterocycles. The fourth-order valence-corrected chi connectivity index (χ4v) is 1.47. The highest BCUT2D eigenvalue weighted by molar-refractivity contribution is 6.23. The van der Waals surface area contributed by atoms with Gasteiger partial charge in [-0.15, -0.1) is 0 Å². The molecule has 0 unspecified atom stereocenters. The molecule has 0 atom stereocenters. The molecule has 0 radical (unpaired) electrons. The molecule has 1 aliphatic carbocycles. The third-order valence-electron chi connectivity index (χ3n) is 2.20. The minimum Gasteiger partial charge on any atom is -0.492 e. The summed E-state index contributed by atoms with van der Waals surface area (Å²) in [6.45, 7) is 0. The number of hydrogen-bond acceptors (Lipinski definition) is 3. The molecule has 0 saturated carbocycles. The molecule has 0 fully saturated rings. The van der Waals surface area contributed by atoms with E-state index in [1.165, 1.54) is 13.2 Å². The van der Waals surface area contributed by atoms with Crippen LogP contribution in [0.5, 0.6) is 0 Å². The van der Waals surface area contributed by atoms with Crippen LogP contribution in [-0.4, -0.2) is 18.7 Å². The Morgan fingerprint density at radius 2 is 1.93 bits per heavy atom. The summed E-state index contributed by atoms with van der Waals surface area (Å²) in [6, 6.07) is 3.48. The molecule has 3 nitrogen and oxygen atoms in total. The van der Waals surface area contributed by atoms with Crippen molar-refractivity contribution < 1.29 is 18.7 Å². The zero-order valence-corrected chi connectivity index (χ0v) is 7.91. The van der Waals surface area contributed by atoms with E-state index in [1.54, 1.807) is 0 Å². The number of carbonyl (C=O) groups is 2. The summed E-state index contributed by atoms with van der Waals surface area (Å²) in [5, 5.41) is 0. The van der Waals surface area contributed by atoms with Gasteiger partial charge in [0.1, 0.15) is 5.82 Å². The van der Waals surface area contributed by atoms with Crippen LogP contribution in [0.3, 0.4) is 0 Å². The van der Waals surface area contributed by atoms with Crippen LogP contribution in [0.25, 0.3) is 0 Å². The highest BCUT2D eigenvalue weighted by Crippen LogP contribution is 2.22. The Kier molecular flexibility index (Phi) is 2.11. The Bertz CT molecular complexity index is 489. The molecule has 0 amide bonds. The second-order valence-corrected chi connectivity index (χ2v) is 3.10. The van der Waals surface area contributed by atoms with Crippen LogP contribution in [0.2, 0.25) is 0 Å². The summed E-state index contributed by atoms with van der Waals surface area (Å²) in [6.07, 6.45) is 1.07. The average Bonchev–Trinajstić information content (AvgIpc) is 2.23. The fourth-order valence-electron chi connectivity index (χ4n) is 1.47. The molecule has 0 N–H and O–H groups in total. The number of carbonyl (C=O) groups excluding carboxylic acids is 2. The van der Waals surface area contributed by atoms with Crippen LogP contribution in [-0.2, 0) is 4.74 Å². The quantitative estimate of drug-likeness (QED) is 0.702. The summed E-state index contributed by atoms with van der Waals surface area (Å²) in [5.74, 6) is -1.36. The van der Waals surface area contributed by atoms with Crippen molar-refractivity contribution in [2.24, 2.45) is 0 Å². The molecule has 0 heterocycles. The smallest absolute Gasteiger partial charge is 0.228 e. The molecular formula is C11H7FO3. The topological polar surface area (TPSA) is 43.4 Å². The zero-order valence-electron chi connectivity index (χ0n) is 7.91. The van der Waals surface area contributed by atoms with Crippen molar-refractivity contribution in [3.05, 3.63) is 47.0 Å². The maximum Gasteiger partial charge on any atom is 0.228 e. The number of ketones is 2. The molecule has 0 spiro atoms. The number of fused-ring (bicyclic) bond motifs is 1. The lowest BCUT2D eigenvalue weighted by atomic mass is 9.93. The van der Waals surface area contributed by atoms with Crippen LogP contribution in [0, 0.1) is 5.82 Å². The highest BCUT2D eigenvalue weighted by Gasteiger charge is 2.26.